The number of benzene rings is 2. The van der Waals surface area contributed by atoms with Crippen molar-refractivity contribution in [2.45, 2.75) is 19.4 Å². The maximum atomic E-state index is 13.4. The zero-order chi connectivity index (χ0) is 15.2. The fourth-order valence-electron chi connectivity index (χ4n) is 2.01. The zero-order valence-corrected chi connectivity index (χ0v) is 11.8. The summed E-state index contributed by atoms with van der Waals surface area (Å²) in [6.45, 7) is 1.77. The van der Waals surface area contributed by atoms with Crippen LogP contribution in [0.25, 0.3) is 0 Å². The molecule has 0 aliphatic rings. The van der Waals surface area contributed by atoms with Crippen molar-refractivity contribution >= 4 is 5.91 Å². The SMILES string of the molecule is Cc1ccc(C(=O)NCC(O)Cc2ccccc2)cc1F. The third-order valence-electron chi connectivity index (χ3n) is 3.25. The van der Waals surface area contributed by atoms with Gasteiger partial charge in [0.25, 0.3) is 5.91 Å². The first-order valence-corrected chi connectivity index (χ1v) is 6.82. The number of carbonyl (C=O) groups excluding carboxylic acids is 1. The molecule has 0 spiro atoms. The van der Waals surface area contributed by atoms with Gasteiger partial charge in [0, 0.05) is 18.5 Å². The minimum Gasteiger partial charge on any atom is -0.391 e. The van der Waals surface area contributed by atoms with Gasteiger partial charge in [0.2, 0.25) is 0 Å². The Hall–Kier alpha value is -2.20. The maximum absolute atomic E-state index is 13.4. The predicted molar refractivity (Wildman–Crippen MR) is 79.6 cm³/mol. The fraction of sp³-hybridized carbons (Fsp3) is 0.235. The minimum atomic E-state index is -0.674. The summed E-state index contributed by atoms with van der Waals surface area (Å²) in [6, 6.07) is 13.9. The van der Waals surface area contributed by atoms with Crippen LogP contribution >= 0.6 is 0 Å². The Kier molecular flexibility index (Phi) is 5.06. The van der Waals surface area contributed by atoms with Crippen LogP contribution in [0.5, 0.6) is 0 Å². The second kappa shape index (κ2) is 6.99. The van der Waals surface area contributed by atoms with Crippen molar-refractivity contribution in [3.63, 3.8) is 0 Å². The Morgan fingerprint density at radius 3 is 2.62 bits per heavy atom. The van der Waals surface area contributed by atoms with E-state index >= 15 is 0 Å². The number of hydrogen-bond acceptors (Lipinski definition) is 2. The largest absolute Gasteiger partial charge is 0.391 e. The molecule has 0 heterocycles. The smallest absolute Gasteiger partial charge is 0.251 e. The quantitative estimate of drug-likeness (QED) is 0.887. The van der Waals surface area contributed by atoms with Crippen LogP contribution in [0.3, 0.4) is 0 Å². The molecule has 21 heavy (non-hydrogen) atoms. The number of aliphatic hydroxyl groups excluding tert-OH is 1. The number of amides is 1. The summed E-state index contributed by atoms with van der Waals surface area (Å²) in [6.07, 6.45) is -0.213. The second-order valence-corrected chi connectivity index (χ2v) is 5.02. The van der Waals surface area contributed by atoms with E-state index in [0.29, 0.717) is 12.0 Å². The molecule has 2 aromatic carbocycles. The molecule has 0 radical (unpaired) electrons. The third-order valence-corrected chi connectivity index (χ3v) is 3.25. The van der Waals surface area contributed by atoms with Crippen LogP contribution < -0.4 is 5.32 Å². The lowest BCUT2D eigenvalue weighted by atomic mass is 10.1. The van der Waals surface area contributed by atoms with Crippen LogP contribution in [0.15, 0.2) is 48.5 Å². The standard InChI is InChI=1S/C17H18FNO2/c1-12-7-8-14(10-16(12)18)17(21)19-11-15(20)9-13-5-3-2-4-6-13/h2-8,10,15,20H,9,11H2,1H3,(H,19,21). The molecule has 0 aliphatic heterocycles. The van der Waals surface area contributed by atoms with Crippen molar-refractivity contribution in [2.24, 2.45) is 0 Å². The molecule has 4 heteroatoms. The van der Waals surface area contributed by atoms with E-state index < -0.39 is 11.9 Å². The Labute approximate surface area is 123 Å². The van der Waals surface area contributed by atoms with Gasteiger partial charge in [-0.25, -0.2) is 4.39 Å². The average molecular weight is 287 g/mol. The monoisotopic (exact) mass is 287 g/mol. The number of rotatable bonds is 5. The summed E-state index contributed by atoms with van der Waals surface area (Å²) in [5.74, 6) is -0.798. The van der Waals surface area contributed by atoms with E-state index in [0.717, 1.165) is 5.56 Å². The fourth-order valence-corrected chi connectivity index (χ4v) is 2.01. The van der Waals surface area contributed by atoms with E-state index in [2.05, 4.69) is 5.32 Å². The number of carbonyl (C=O) groups is 1. The summed E-state index contributed by atoms with van der Waals surface area (Å²) in [5.41, 5.74) is 1.75. The first-order valence-electron chi connectivity index (χ1n) is 6.82. The summed E-state index contributed by atoms with van der Waals surface area (Å²) in [7, 11) is 0. The molecular formula is C17H18FNO2. The van der Waals surface area contributed by atoms with Gasteiger partial charge in [-0.1, -0.05) is 36.4 Å². The molecular weight excluding hydrogens is 269 g/mol. The highest BCUT2D eigenvalue weighted by atomic mass is 19.1. The topological polar surface area (TPSA) is 49.3 Å². The van der Waals surface area contributed by atoms with Crippen LogP contribution in [0.4, 0.5) is 4.39 Å². The molecule has 1 atom stereocenters. The van der Waals surface area contributed by atoms with Crippen molar-refractivity contribution in [3.05, 3.63) is 71.0 Å². The molecule has 3 nitrogen and oxygen atoms in total. The summed E-state index contributed by atoms with van der Waals surface area (Å²) in [5, 5.41) is 12.5. The zero-order valence-electron chi connectivity index (χ0n) is 11.8. The van der Waals surface area contributed by atoms with Gasteiger partial charge in [-0.3, -0.25) is 4.79 Å². The minimum absolute atomic E-state index is 0.128. The Morgan fingerprint density at radius 2 is 1.95 bits per heavy atom. The number of aryl methyl sites for hydroxylation is 1. The van der Waals surface area contributed by atoms with Gasteiger partial charge < -0.3 is 10.4 Å². The van der Waals surface area contributed by atoms with E-state index in [1.165, 1.54) is 6.07 Å². The van der Waals surface area contributed by atoms with Crippen molar-refractivity contribution in [1.29, 1.82) is 0 Å². The molecule has 110 valence electrons. The Balaban J connectivity index is 1.87. The highest BCUT2D eigenvalue weighted by Crippen LogP contribution is 2.09. The van der Waals surface area contributed by atoms with Crippen molar-refractivity contribution < 1.29 is 14.3 Å². The first-order chi connectivity index (χ1) is 10.1. The summed E-state index contributed by atoms with van der Waals surface area (Å²) >= 11 is 0. The molecule has 0 aromatic heterocycles. The predicted octanol–water partition coefficient (Wildman–Crippen LogP) is 2.47. The van der Waals surface area contributed by atoms with Gasteiger partial charge in [-0.05, 0) is 30.2 Å². The van der Waals surface area contributed by atoms with Gasteiger partial charge in [0.1, 0.15) is 5.82 Å². The maximum Gasteiger partial charge on any atom is 0.251 e. The van der Waals surface area contributed by atoms with Crippen molar-refractivity contribution in [1.82, 2.24) is 5.32 Å². The molecule has 1 amide bonds. The lowest BCUT2D eigenvalue weighted by Gasteiger charge is -2.12. The van der Waals surface area contributed by atoms with E-state index in [1.807, 2.05) is 30.3 Å². The average Bonchev–Trinajstić information content (AvgIpc) is 2.48. The number of halogens is 1. The number of nitrogens with one attached hydrogen (secondary N) is 1. The first kappa shape index (κ1) is 15.2. The normalized spacial score (nSPS) is 12.0. The van der Waals surface area contributed by atoms with Gasteiger partial charge in [-0.2, -0.15) is 0 Å². The van der Waals surface area contributed by atoms with E-state index in [4.69, 9.17) is 0 Å². The van der Waals surface area contributed by atoms with Gasteiger partial charge >= 0.3 is 0 Å². The molecule has 2 aromatic rings. The molecule has 0 aliphatic carbocycles. The molecule has 1 unspecified atom stereocenters. The van der Waals surface area contributed by atoms with Gasteiger partial charge in [-0.15, -0.1) is 0 Å². The van der Waals surface area contributed by atoms with Crippen LogP contribution in [0, 0.1) is 12.7 Å². The van der Waals surface area contributed by atoms with Crippen LogP contribution in [0.2, 0.25) is 0 Å². The highest BCUT2D eigenvalue weighted by Gasteiger charge is 2.11. The van der Waals surface area contributed by atoms with Gasteiger partial charge in [0.05, 0.1) is 6.10 Å². The lowest BCUT2D eigenvalue weighted by molar-refractivity contribution is 0.0915. The van der Waals surface area contributed by atoms with Crippen LogP contribution in [0.1, 0.15) is 21.5 Å². The Bertz CT molecular complexity index is 613. The molecule has 0 bridgehead atoms. The van der Waals surface area contributed by atoms with Gasteiger partial charge in [0.15, 0.2) is 0 Å². The van der Waals surface area contributed by atoms with Crippen LogP contribution in [-0.4, -0.2) is 23.7 Å². The summed E-state index contributed by atoms with van der Waals surface area (Å²) < 4.78 is 13.4. The van der Waals surface area contributed by atoms with Crippen LogP contribution in [-0.2, 0) is 6.42 Å². The molecule has 0 saturated heterocycles. The molecule has 0 fully saturated rings. The van der Waals surface area contributed by atoms with Crippen molar-refractivity contribution in [2.75, 3.05) is 6.54 Å². The number of hydrogen-bond donors (Lipinski definition) is 2. The van der Waals surface area contributed by atoms with E-state index in [-0.39, 0.29) is 18.0 Å². The third kappa shape index (κ3) is 4.39. The second-order valence-electron chi connectivity index (χ2n) is 5.02. The lowest BCUT2D eigenvalue weighted by Crippen LogP contribution is -2.33. The van der Waals surface area contributed by atoms with E-state index in [9.17, 15) is 14.3 Å². The van der Waals surface area contributed by atoms with Crippen molar-refractivity contribution in [3.8, 4) is 0 Å². The number of aliphatic hydroxyl groups is 1. The summed E-state index contributed by atoms with van der Waals surface area (Å²) in [4.78, 5) is 11.9. The Morgan fingerprint density at radius 1 is 1.24 bits per heavy atom. The molecule has 2 rings (SSSR count). The van der Waals surface area contributed by atoms with E-state index in [1.54, 1.807) is 19.1 Å². The molecule has 2 N–H and O–H groups in total. The highest BCUT2D eigenvalue weighted by molar-refractivity contribution is 5.94. The molecule has 0 saturated carbocycles.